The van der Waals surface area contributed by atoms with E-state index in [4.69, 9.17) is 0 Å². The molecule has 0 aromatic heterocycles. The van der Waals surface area contributed by atoms with E-state index in [-0.39, 0.29) is 17.2 Å². The highest BCUT2D eigenvalue weighted by Crippen LogP contribution is 2.24. The topological polar surface area (TPSA) is 56.7 Å². The lowest BCUT2D eigenvalue weighted by Crippen LogP contribution is -2.50. The Labute approximate surface area is 146 Å². The highest BCUT2D eigenvalue weighted by atomic mass is 32.2. The molecular formula is C17H34N4OS. The number of rotatable bonds is 6. The van der Waals surface area contributed by atoms with Gasteiger partial charge in [-0.15, -0.1) is 0 Å². The highest BCUT2D eigenvalue weighted by Gasteiger charge is 2.23. The molecule has 0 aromatic rings. The second-order valence-corrected chi connectivity index (χ2v) is 8.80. The number of aliphatic imine (C=N–C) groups is 1. The summed E-state index contributed by atoms with van der Waals surface area (Å²) in [5, 5.41) is 6.98. The van der Waals surface area contributed by atoms with Crippen LogP contribution < -0.4 is 10.6 Å². The van der Waals surface area contributed by atoms with Gasteiger partial charge in [-0.3, -0.25) is 4.79 Å². The number of carbonyl (C=O) groups excluding carboxylic acids is 1. The maximum absolute atomic E-state index is 11.8. The molecule has 0 spiro atoms. The minimum absolute atomic E-state index is 0.0203. The molecule has 2 N–H and O–H groups in total. The van der Waals surface area contributed by atoms with Crippen LogP contribution >= 0.6 is 11.8 Å². The average molecular weight is 343 g/mol. The van der Waals surface area contributed by atoms with Gasteiger partial charge < -0.3 is 15.5 Å². The van der Waals surface area contributed by atoms with Crippen molar-refractivity contribution in [2.45, 2.75) is 57.2 Å². The van der Waals surface area contributed by atoms with E-state index in [1.807, 2.05) is 11.8 Å². The number of guanidine groups is 1. The number of thioether (sulfide) groups is 1. The molecule has 2 unspecified atom stereocenters. The molecule has 2 atom stereocenters. The lowest BCUT2D eigenvalue weighted by atomic mass is 9.86. The van der Waals surface area contributed by atoms with E-state index >= 15 is 0 Å². The first-order valence-electron chi connectivity index (χ1n) is 8.55. The SMILES string of the molecule is CSC(C)(C)CNC(=NCC(=O)N(C)C)NC1CCCCC1C. The van der Waals surface area contributed by atoms with E-state index in [0.29, 0.717) is 12.0 Å². The van der Waals surface area contributed by atoms with Gasteiger partial charge in [-0.1, -0.05) is 19.8 Å². The predicted molar refractivity (Wildman–Crippen MR) is 101 cm³/mol. The van der Waals surface area contributed by atoms with Crippen molar-refractivity contribution in [2.75, 3.05) is 33.4 Å². The molecule has 0 radical (unpaired) electrons. The molecule has 0 aliphatic heterocycles. The molecule has 1 amide bonds. The molecule has 0 bridgehead atoms. The van der Waals surface area contributed by atoms with Gasteiger partial charge in [-0.25, -0.2) is 4.99 Å². The number of amides is 1. The van der Waals surface area contributed by atoms with Crippen LogP contribution in [0.2, 0.25) is 0 Å². The van der Waals surface area contributed by atoms with E-state index in [9.17, 15) is 4.79 Å². The fraction of sp³-hybridized carbons (Fsp3) is 0.882. The zero-order valence-electron chi connectivity index (χ0n) is 15.6. The van der Waals surface area contributed by atoms with Crippen LogP contribution in [0.4, 0.5) is 0 Å². The Balaban J connectivity index is 2.70. The summed E-state index contributed by atoms with van der Waals surface area (Å²) < 4.78 is 0.131. The third-order valence-corrected chi connectivity index (χ3v) is 5.79. The number of nitrogens with zero attached hydrogens (tertiary/aromatic N) is 2. The Hall–Kier alpha value is -0.910. The Morgan fingerprint density at radius 3 is 2.52 bits per heavy atom. The summed E-state index contributed by atoms with van der Waals surface area (Å²) in [4.78, 5) is 17.9. The molecule has 6 heteroatoms. The van der Waals surface area contributed by atoms with Gasteiger partial charge in [0.1, 0.15) is 6.54 Å². The summed E-state index contributed by atoms with van der Waals surface area (Å²) in [6.45, 7) is 7.71. The molecule has 0 saturated heterocycles. The van der Waals surface area contributed by atoms with Gasteiger partial charge in [0.2, 0.25) is 5.91 Å². The molecule has 1 aliphatic carbocycles. The Bertz CT molecular complexity index is 409. The van der Waals surface area contributed by atoms with Crippen LogP contribution in [0.1, 0.15) is 46.5 Å². The van der Waals surface area contributed by atoms with Gasteiger partial charge in [0.25, 0.3) is 0 Å². The van der Waals surface area contributed by atoms with Crippen LogP contribution in [0.15, 0.2) is 4.99 Å². The predicted octanol–water partition coefficient (Wildman–Crippen LogP) is 2.33. The lowest BCUT2D eigenvalue weighted by molar-refractivity contribution is -0.127. The van der Waals surface area contributed by atoms with Crippen molar-refractivity contribution in [2.24, 2.45) is 10.9 Å². The summed E-state index contributed by atoms with van der Waals surface area (Å²) in [7, 11) is 3.52. The maximum Gasteiger partial charge on any atom is 0.243 e. The van der Waals surface area contributed by atoms with Crippen molar-refractivity contribution in [1.82, 2.24) is 15.5 Å². The lowest BCUT2D eigenvalue weighted by Gasteiger charge is -2.32. The first kappa shape index (κ1) is 20.1. The monoisotopic (exact) mass is 342 g/mol. The molecule has 0 aromatic carbocycles. The summed E-state index contributed by atoms with van der Waals surface area (Å²) in [5.74, 6) is 1.43. The van der Waals surface area contributed by atoms with Crippen molar-refractivity contribution in [3.05, 3.63) is 0 Å². The Kier molecular flexibility index (Phi) is 8.23. The van der Waals surface area contributed by atoms with Gasteiger partial charge in [0.15, 0.2) is 5.96 Å². The van der Waals surface area contributed by atoms with Gasteiger partial charge >= 0.3 is 0 Å². The van der Waals surface area contributed by atoms with Crippen LogP contribution in [-0.4, -0.2) is 61.0 Å². The minimum Gasteiger partial charge on any atom is -0.355 e. The standard InChI is InChI=1S/C17H34N4OS/c1-13-9-7-8-10-14(13)20-16(18-11-15(22)21(4)5)19-12-17(2,3)23-6/h13-14H,7-12H2,1-6H3,(H2,18,19,20). The van der Waals surface area contributed by atoms with E-state index in [0.717, 1.165) is 12.5 Å². The number of likely N-dealkylation sites (N-methyl/N-ethyl adjacent to an activating group) is 1. The molecule has 1 saturated carbocycles. The van der Waals surface area contributed by atoms with Crippen molar-refractivity contribution < 1.29 is 4.79 Å². The second kappa shape index (κ2) is 9.40. The van der Waals surface area contributed by atoms with Crippen LogP contribution in [0.3, 0.4) is 0 Å². The molecule has 23 heavy (non-hydrogen) atoms. The Morgan fingerprint density at radius 2 is 1.96 bits per heavy atom. The van der Waals surface area contributed by atoms with Crippen molar-refractivity contribution >= 4 is 23.6 Å². The quantitative estimate of drug-likeness (QED) is 0.575. The maximum atomic E-state index is 11.8. The number of hydrogen-bond acceptors (Lipinski definition) is 3. The zero-order chi connectivity index (χ0) is 17.5. The van der Waals surface area contributed by atoms with Crippen LogP contribution in [0.5, 0.6) is 0 Å². The van der Waals surface area contributed by atoms with Crippen LogP contribution in [0.25, 0.3) is 0 Å². The van der Waals surface area contributed by atoms with Gasteiger partial charge in [0.05, 0.1) is 0 Å². The first-order valence-corrected chi connectivity index (χ1v) is 9.78. The number of carbonyl (C=O) groups is 1. The van der Waals surface area contributed by atoms with Crippen LogP contribution in [0, 0.1) is 5.92 Å². The van der Waals surface area contributed by atoms with Gasteiger partial charge in [0, 0.05) is 31.4 Å². The normalized spacial score (nSPS) is 22.6. The molecule has 134 valence electrons. The second-order valence-electron chi connectivity index (χ2n) is 7.28. The number of hydrogen-bond donors (Lipinski definition) is 2. The average Bonchev–Trinajstić information content (AvgIpc) is 2.51. The van der Waals surface area contributed by atoms with E-state index in [2.05, 4.69) is 42.7 Å². The van der Waals surface area contributed by atoms with Crippen molar-refractivity contribution in [3.8, 4) is 0 Å². The summed E-state index contributed by atoms with van der Waals surface area (Å²) in [6.07, 6.45) is 7.14. The summed E-state index contributed by atoms with van der Waals surface area (Å²) in [6, 6.07) is 0.446. The molecule has 1 aliphatic rings. The van der Waals surface area contributed by atoms with E-state index < -0.39 is 0 Å². The summed E-state index contributed by atoms with van der Waals surface area (Å²) in [5.41, 5.74) is 0. The fourth-order valence-corrected chi connectivity index (χ4v) is 2.73. The minimum atomic E-state index is 0.0203. The van der Waals surface area contributed by atoms with Crippen molar-refractivity contribution in [3.63, 3.8) is 0 Å². The largest absolute Gasteiger partial charge is 0.355 e. The third kappa shape index (κ3) is 7.46. The molecule has 1 rings (SSSR count). The van der Waals surface area contributed by atoms with Crippen LogP contribution in [-0.2, 0) is 4.79 Å². The number of nitrogens with one attached hydrogen (secondary N) is 2. The Morgan fingerprint density at radius 1 is 1.30 bits per heavy atom. The zero-order valence-corrected chi connectivity index (χ0v) is 16.4. The first-order chi connectivity index (χ1) is 10.7. The summed E-state index contributed by atoms with van der Waals surface area (Å²) >= 11 is 1.82. The van der Waals surface area contributed by atoms with Gasteiger partial charge in [-0.2, -0.15) is 11.8 Å². The molecule has 0 heterocycles. The highest BCUT2D eigenvalue weighted by molar-refractivity contribution is 7.99. The van der Waals surface area contributed by atoms with Gasteiger partial charge in [-0.05, 0) is 38.9 Å². The third-order valence-electron chi connectivity index (χ3n) is 4.54. The van der Waals surface area contributed by atoms with Crippen molar-refractivity contribution in [1.29, 1.82) is 0 Å². The fourth-order valence-electron chi connectivity index (χ4n) is 2.52. The smallest absolute Gasteiger partial charge is 0.243 e. The molecular weight excluding hydrogens is 308 g/mol. The van der Waals surface area contributed by atoms with E-state index in [1.54, 1.807) is 19.0 Å². The van der Waals surface area contributed by atoms with E-state index in [1.165, 1.54) is 25.7 Å². The molecule has 1 fully saturated rings. The molecule has 5 nitrogen and oxygen atoms in total.